The Bertz CT molecular complexity index is 381. The predicted octanol–water partition coefficient (Wildman–Crippen LogP) is 3.66. The molecule has 0 aliphatic carbocycles. The van der Waals surface area contributed by atoms with Crippen molar-refractivity contribution in [3.05, 3.63) is 24.3 Å². The minimum absolute atomic E-state index is 0.189. The first kappa shape index (κ1) is 14.1. The first-order valence-corrected chi connectivity index (χ1v) is 6.65. The van der Waals surface area contributed by atoms with Crippen molar-refractivity contribution < 1.29 is 18.3 Å². The van der Waals surface area contributed by atoms with Crippen LogP contribution in [-0.4, -0.2) is 25.9 Å². The molecule has 0 saturated carbocycles. The first-order valence-electron chi connectivity index (χ1n) is 6.65. The van der Waals surface area contributed by atoms with E-state index in [-0.39, 0.29) is 5.75 Å². The summed E-state index contributed by atoms with van der Waals surface area (Å²) in [5.74, 6) is 0.189. The van der Waals surface area contributed by atoms with Gasteiger partial charge in [-0.25, -0.2) is 0 Å². The van der Waals surface area contributed by atoms with Crippen molar-refractivity contribution in [2.45, 2.75) is 38.4 Å². The molecule has 0 radical (unpaired) electrons. The van der Waals surface area contributed by atoms with Gasteiger partial charge in [0.05, 0.1) is 11.8 Å². The lowest BCUT2D eigenvalue weighted by atomic mass is 10.1. The summed E-state index contributed by atoms with van der Waals surface area (Å²) in [7, 11) is 0. The molecular weight excluding hydrogens is 252 g/mol. The normalized spacial score (nSPS) is 18.8. The lowest BCUT2D eigenvalue weighted by Crippen LogP contribution is -2.10. The summed E-state index contributed by atoms with van der Waals surface area (Å²) in [6.07, 6.45) is 4.60. The van der Waals surface area contributed by atoms with Gasteiger partial charge >= 0.3 is 6.61 Å². The molecule has 0 spiro atoms. The van der Waals surface area contributed by atoms with E-state index in [0.717, 1.165) is 38.8 Å². The standard InChI is InChI=1S/C14H19F2NO2/c15-14(16)19-13-8-2-1-7-12(13)17-9-3-5-11-6-4-10-18-11/h1-2,7-8,11,14,17H,3-6,9-10H2. The van der Waals surface area contributed by atoms with Gasteiger partial charge < -0.3 is 14.8 Å². The largest absolute Gasteiger partial charge is 0.433 e. The summed E-state index contributed by atoms with van der Waals surface area (Å²) in [5, 5.41) is 3.13. The van der Waals surface area contributed by atoms with Crippen molar-refractivity contribution in [3.8, 4) is 5.75 Å². The van der Waals surface area contributed by atoms with Crippen LogP contribution in [0.3, 0.4) is 0 Å². The molecule has 3 nitrogen and oxygen atoms in total. The van der Waals surface area contributed by atoms with E-state index >= 15 is 0 Å². The average Bonchev–Trinajstić information content (AvgIpc) is 2.89. The molecule has 1 unspecified atom stereocenters. The van der Waals surface area contributed by atoms with Crippen LogP contribution in [0.25, 0.3) is 0 Å². The molecular formula is C14H19F2NO2. The van der Waals surface area contributed by atoms with Crippen molar-refractivity contribution >= 4 is 5.69 Å². The van der Waals surface area contributed by atoms with Crippen molar-refractivity contribution in [2.75, 3.05) is 18.5 Å². The topological polar surface area (TPSA) is 30.5 Å². The maximum atomic E-state index is 12.2. The number of alkyl halides is 2. The van der Waals surface area contributed by atoms with Crippen LogP contribution in [0.4, 0.5) is 14.5 Å². The Morgan fingerprint density at radius 2 is 2.21 bits per heavy atom. The Labute approximate surface area is 111 Å². The highest BCUT2D eigenvalue weighted by molar-refractivity contribution is 5.56. The van der Waals surface area contributed by atoms with E-state index in [1.807, 2.05) is 0 Å². The molecule has 0 aromatic heterocycles. The van der Waals surface area contributed by atoms with Crippen LogP contribution in [0.2, 0.25) is 0 Å². The highest BCUT2D eigenvalue weighted by Crippen LogP contribution is 2.25. The van der Waals surface area contributed by atoms with E-state index in [1.165, 1.54) is 6.07 Å². The van der Waals surface area contributed by atoms with Gasteiger partial charge in [0.25, 0.3) is 0 Å². The fourth-order valence-corrected chi connectivity index (χ4v) is 2.24. The van der Waals surface area contributed by atoms with E-state index in [2.05, 4.69) is 10.1 Å². The van der Waals surface area contributed by atoms with Crippen molar-refractivity contribution in [3.63, 3.8) is 0 Å². The monoisotopic (exact) mass is 271 g/mol. The molecule has 1 saturated heterocycles. The fourth-order valence-electron chi connectivity index (χ4n) is 2.24. The maximum absolute atomic E-state index is 12.2. The van der Waals surface area contributed by atoms with Crippen LogP contribution in [0, 0.1) is 0 Å². The van der Waals surface area contributed by atoms with Crippen LogP contribution < -0.4 is 10.1 Å². The molecule has 1 N–H and O–H groups in total. The summed E-state index contributed by atoms with van der Waals surface area (Å²) in [6, 6.07) is 6.74. The molecule has 19 heavy (non-hydrogen) atoms. The molecule has 5 heteroatoms. The predicted molar refractivity (Wildman–Crippen MR) is 69.8 cm³/mol. The third-order valence-electron chi connectivity index (χ3n) is 3.15. The quantitative estimate of drug-likeness (QED) is 0.768. The minimum atomic E-state index is -2.80. The number of halogens is 2. The Hall–Kier alpha value is -1.36. The molecule has 0 amide bonds. The third kappa shape index (κ3) is 4.67. The van der Waals surface area contributed by atoms with Crippen molar-refractivity contribution in [1.82, 2.24) is 0 Å². The second kappa shape index (κ2) is 7.28. The van der Waals surface area contributed by atoms with Gasteiger partial charge in [-0.15, -0.1) is 0 Å². The van der Waals surface area contributed by atoms with E-state index < -0.39 is 6.61 Å². The molecule has 0 bridgehead atoms. The average molecular weight is 271 g/mol. The molecule has 1 aromatic rings. The zero-order chi connectivity index (χ0) is 13.5. The Morgan fingerprint density at radius 1 is 1.37 bits per heavy atom. The number of anilines is 1. The van der Waals surface area contributed by atoms with Gasteiger partial charge in [0, 0.05) is 13.2 Å². The van der Waals surface area contributed by atoms with Gasteiger partial charge in [-0.3, -0.25) is 0 Å². The van der Waals surface area contributed by atoms with Crippen LogP contribution in [-0.2, 0) is 4.74 Å². The fraction of sp³-hybridized carbons (Fsp3) is 0.571. The molecule has 1 heterocycles. The molecule has 1 fully saturated rings. The molecule has 1 atom stereocenters. The van der Waals surface area contributed by atoms with E-state index in [1.54, 1.807) is 18.2 Å². The van der Waals surface area contributed by atoms with Crippen LogP contribution >= 0.6 is 0 Å². The number of nitrogens with one attached hydrogen (secondary N) is 1. The van der Waals surface area contributed by atoms with Crippen molar-refractivity contribution in [2.24, 2.45) is 0 Å². The highest BCUT2D eigenvalue weighted by Gasteiger charge is 2.14. The van der Waals surface area contributed by atoms with Gasteiger partial charge in [0.15, 0.2) is 0 Å². The smallest absolute Gasteiger partial charge is 0.387 e. The SMILES string of the molecule is FC(F)Oc1ccccc1NCCCC1CCCO1. The first-order chi connectivity index (χ1) is 9.25. The molecule has 2 rings (SSSR count). The number of para-hydroxylation sites is 2. The van der Waals surface area contributed by atoms with E-state index in [4.69, 9.17) is 4.74 Å². The van der Waals surface area contributed by atoms with Crippen LogP contribution in [0.15, 0.2) is 24.3 Å². The lowest BCUT2D eigenvalue weighted by Gasteiger charge is -2.13. The molecule has 1 aliphatic heterocycles. The van der Waals surface area contributed by atoms with Gasteiger partial charge in [-0.1, -0.05) is 12.1 Å². The van der Waals surface area contributed by atoms with Crippen LogP contribution in [0.5, 0.6) is 5.75 Å². The lowest BCUT2D eigenvalue weighted by molar-refractivity contribution is -0.0493. The minimum Gasteiger partial charge on any atom is -0.433 e. The second-order valence-corrected chi connectivity index (χ2v) is 4.58. The molecule has 1 aromatic carbocycles. The van der Waals surface area contributed by atoms with E-state index in [9.17, 15) is 8.78 Å². The Balaban J connectivity index is 1.75. The van der Waals surface area contributed by atoms with Crippen LogP contribution in [0.1, 0.15) is 25.7 Å². The number of ether oxygens (including phenoxy) is 2. The zero-order valence-electron chi connectivity index (χ0n) is 10.8. The summed E-state index contributed by atoms with van der Waals surface area (Å²) in [5.41, 5.74) is 0.607. The van der Waals surface area contributed by atoms with Gasteiger partial charge in [0.2, 0.25) is 0 Å². The Kier molecular flexibility index (Phi) is 5.39. The maximum Gasteiger partial charge on any atom is 0.387 e. The summed E-state index contributed by atoms with van der Waals surface area (Å²) >= 11 is 0. The van der Waals surface area contributed by atoms with Gasteiger partial charge in [0.1, 0.15) is 5.75 Å². The van der Waals surface area contributed by atoms with Gasteiger partial charge in [-0.05, 0) is 37.8 Å². The number of hydrogen-bond donors (Lipinski definition) is 1. The summed E-state index contributed by atoms with van der Waals surface area (Å²) in [4.78, 5) is 0. The van der Waals surface area contributed by atoms with Gasteiger partial charge in [-0.2, -0.15) is 8.78 Å². The third-order valence-corrected chi connectivity index (χ3v) is 3.15. The number of hydrogen-bond acceptors (Lipinski definition) is 3. The highest BCUT2D eigenvalue weighted by atomic mass is 19.3. The number of rotatable bonds is 7. The van der Waals surface area contributed by atoms with E-state index in [0.29, 0.717) is 11.8 Å². The second-order valence-electron chi connectivity index (χ2n) is 4.58. The Morgan fingerprint density at radius 3 is 2.95 bits per heavy atom. The zero-order valence-corrected chi connectivity index (χ0v) is 10.8. The molecule has 1 aliphatic rings. The summed E-state index contributed by atoms with van der Waals surface area (Å²) < 4.78 is 34.4. The molecule has 106 valence electrons. The number of benzene rings is 1. The summed E-state index contributed by atoms with van der Waals surface area (Å²) in [6.45, 7) is -1.21. The van der Waals surface area contributed by atoms with Crippen molar-refractivity contribution in [1.29, 1.82) is 0 Å².